The SMILES string of the molecule is Nc1ccc(-c2ccc(N)cc2C(F)(F)F)c(C(F)(F)F)c1.Nc1cccc(Oc2ccc(Cc3ccc(Oc4cccc(N)c4)cc3)cc2)c1. The summed E-state index contributed by atoms with van der Waals surface area (Å²) in [7, 11) is 0. The Balaban J connectivity index is 0.000000206. The summed E-state index contributed by atoms with van der Waals surface area (Å²) in [6.07, 6.45) is -8.85. The van der Waals surface area contributed by atoms with Gasteiger partial charge in [-0.3, -0.25) is 0 Å². The molecule has 0 radical (unpaired) electrons. The van der Waals surface area contributed by atoms with Crippen molar-refractivity contribution in [1.29, 1.82) is 0 Å². The quantitative estimate of drug-likeness (QED) is 0.0970. The predicted octanol–water partition coefficient (Wildman–Crippen LogP) is 10.6. The van der Waals surface area contributed by atoms with Crippen LogP contribution in [-0.4, -0.2) is 0 Å². The first-order chi connectivity index (χ1) is 24.1. The van der Waals surface area contributed by atoms with E-state index in [0.29, 0.717) is 23.5 Å². The highest BCUT2D eigenvalue weighted by atomic mass is 19.4. The maximum atomic E-state index is 13.1. The molecule has 0 aliphatic carbocycles. The largest absolute Gasteiger partial charge is 0.457 e. The van der Waals surface area contributed by atoms with Crippen LogP contribution in [0.2, 0.25) is 0 Å². The minimum Gasteiger partial charge on any atom is -0.457 e. The van der Waals surface area contributed by atoms with Crippen LogP contribution in [0.15, 0.2) is 133 Å². The minimum atomic E-state index is -4.84. The Labute approximate surface area is 289 Å². The second kappa shape index (κ2) is 15.1. The van der Waals surface area contributed by atoms with Gasteiger partial charge in [0.2, 0.25) is 0 Å². The average Bonchev–Trinajstić information content (AvgIpc) is 3.06. The molecule has 6 rings (SSSR count). The van der Waals surface area contributed by atoms with E-state index in [9.17, 15) is 26.3 Å². The molecule has 0 bridgehead atoms. The highest BCUT2D eigenvalue weighted by Crippen LogP contribution is 2.43. The molecule has 0 spiro atoms. The van der Waals surface area contributed by atoms with E-state index in [1.165, 1.54) is 11.1 Å². The summed E-state index contributed by atoms with van der Waals surface area (Å²) in [5, 5.41) is 0. The number of nitrogens with two attached hydrogens (primary N) is 4. The molecule has 0 unspecified atom stereocenters. The third-order valence-electron chi connectivity index (χ3n) is 7.43. The van der Waals surface area contributed by atoms with Crippen molar-refractivity contribution in [2.75, 3.05) is 22.9 Å². The van der Waals surface area contributed by atoms with Crippen molar-refractivity contribution in [3.63, 3.8) is 0 Å². The number of anilines is 4. The van der Waals surface area contributed by atoms with E-state index in [2.05, 4.69) is 24.3 Å². The fourth-order valence-corrected chi connectivity index (χ4v) is 5.08. The van der Waals surface area contributed by atoms with Crippen LogP contribution < -0.4 is 32.4 Å². The van der Waals surface area contributed by atoms with Crippen LogP contribution in [0, 0.1) is 0 Å². The van der Waals surface area contributed by atoms with Crippen molar-refractivity contribution in [2.24, 2.45) is 0 Å². The van der Waals surface area contributed by atoms with Gasteiger partial charge in [-0.05, 0) is 101 Å². The molecule has 0 atom stereocenters. The molecule has 12 heteroatoms. The number of hydrogen-bond donors (Lipinski definition) is 4. The minimum absolute atomic E-state index is 0.194. The molecule has 0 aliphatic heterocycles. The third-order valence-corrected chi connectivity index (χ3v) is 7.43. The highest BCUT2D eigenvalue weighted by Gasteiger charge is 2.38. The standard InChI is InChI=1S/C25H22N2O2.C14H10F6N2/c26-20-3-1-5-24(16-20)28-22-11-7-18(8-12-22)15-19-9-13-23(14-10-19)29-25-6-2-4-21(27)17-25;15-13(16,17)11-5-7(21)1-3-9(11)10-4-2-8(22)6-12(10)14(18,19)20/h1-14,16-17H,15,26-27H2;1-6H,21-22H2. The lowest BCUT2D eigenvalue weighted by atomic mass is 9.94. The van der Waals surface area contributed by atoms with Gasteiger partial charge in [0.05, 0.1) is 11.1 Å². The predicted molar refractivity (Wildman–Crippen MR) is 188 cm³/mol. The molecule has 0 fully saturated rings. The first-order valence-electron chi connectivity index (χ1n) is 15.3. The first-order valence-corrected chi connectivity index (χ1v) is 15.3. The average molecular weight is 703 g/mol. The van der Waals surface area contributed by atoms with Gasteiger partial charge in [0.15, 0.2) is 0 Å². The molecular weight excluding hydrogens is 670 g/mol. The summed E-state index contributed by atoms with van der Waals surface area (Å²) in [4.78, 5) is 0. The molecule has 0 aromatic heterocycles. The second-order valence-corrected chi connectivity index (χ2v) is 11.4. The van der Waals surface area contributed by atoms with E-state index in [0.717, 1.165) is 53.7 Å². The molecule has 51 heavy (non-hydrogen) atoms. The van der Waals surface area contributed by atoms with E-state index in [-0.39, 0.29) is 11.4 Å². The van der Waals surface area contributed by atoms with Gasteiger partial charge in [-0.2, -0.15) is 26.3 Å². The Morgan fingerprint density at radius 2 is 0.745 bits per heavy atom. The smallest absolute Gasteiger partial charge is 0.417 e. The number of nitrogen functional groups attached to an aromatic ring is 4. The highest BCUT2D eigenvalue weighted by molar-refractivity contribution is 5.75. The van der Waals surface area contributed by atoms with Gasteiger partial charge < -0.3 is 32.4 Å². The van der Waals surface area contributed by atoms with Gasteiger partial charge in [-0.1, -0.05) is 48.5 Å². The molecule has 0 amide bonds. The second-order valence-electron chi connectivity index (χ2n) is 11.4. The Bertz CT molecular complexity index is 1950. The van der Waals surface area contributed by atoms with E-state index < -0.39 is 34.6 Å². The fourth-order valence-electron chi connectivity index (χ4n) is 5.08. The van der Waals surface area contributed by atoms with Gasteiger partial charge >= 0.3 is 12.4 Å². The maximum absolute atomic E-state index is 13.1. The van der Waals surface area contributed by atoms with Crippen LogP contribution in [0.1, 0.15) is 22.3 Å². The molecule has 6 aromatic carbocycles. The van der Waals surface area contributed by atoms with Crippen molar-refractivity contribution in [3.8, 4) is 34.1 Å². The number of ether oxygens (including phenoxy) is 2. The summed E-state index contributed by atoms with van der Waals surface area (Å²) < 4.78 is 90.0. The van der Waals surface area contributed by atoms with Crippen LogP contribution in [0.25, 0.3) is 11.1 Å². The van der Waals surface area contributed by atoms with Crippen LogP contribution in [-0.2, 0) is 18.8 Å². The van der Waals surface area contributed by atoms with E-state index in [4.69, 9.17) is 32.4 Å². The molecular formula is C39H32F6N4O2. The Kier molecular flexibility index (Phi) is 10.6. The zero-order chi connectivity index (χ0) is 36.8. The van der Waals surface area contributed by atoms with E-state index >= 15 is 0 Å². The summed E-state index contributed by atoms with van der Waals surface area (Å²) in [6.45, 7) is 0. The molecule has 0 heterocycles. The number of alkyl halides is 6. The summed E-state index contributed by atoms with van der Waals surface area (Å²) in [5.41, 5.74) is 21.9. The van der Waals surface area contributed by atoms with Gasteiger partial charge in [0.1, 0.15) is 23.0 Å². The van der Waals surface area contributed by atoms with Gasteiger partial charge in [-0.25, -0.2) is 0 Å². The maximum Gasteiger partial charge on any atom is 0.417 e. The third kappa shape index (κ3) is 9.88. The number of hydrogen-bond acceptors (Lipinski definition) is 6. The van der Waals surface area contributed by atoms with Crippen LogP contribution in [0.5, 0.6) is 23.0 Å². The molecule has 0 saturated heterocycles. The number of halogens is 6. The fraction of sp³-hybridized carbons (Fsp3) is 0.0769. The van der Waals surface area contributed by atoms with E-state index in [1.807, 2.05) is 60.7 Å². The van der Waals surface area contributed by atoms with Crippen molar-refractivity contribution in [1.82, 2.24) is 0 Å². The summed E-state index contributed by atoms with van der Waals surface area (Å²) in [5.74, 6) is 3.03. The Morgan fingerprint density at radius 3 is 1.08 bits per heavy atom. The van der Waals surface area contributed by atoms with Crippen molar-refractivity contribution in [2.45, 2.75) is 18.8 Å². The topological polar surface area (TPSA) is 123 Å². The van der Waals surface area contributed by atoms with Crippen molar-refractivity contribution < 1.29 is 35.8 Å². The Hall–Kier alpha value is -6.30. The van der Waals surface area contributed by atoms with Crippen molar-refractivity contribution >= 4 is 22.7 Å². The molecule has 6 aromatic rings. The Morgan fingerprint density at radius 1 is 0.392 bits per heavy atom. The lowest BCUT2D eigenvalue weighted by Gasteiger charge is -2.18. The monoisotopic (exact) mass is 702 g/mol. The molecule has 262 valence electrons. The number of rotatable bonds is 7. The summed E-state index contributed by atoms with van der Waals surface area (Å²) in [6, 6.07) is 36.2. The first kappa shape index (κ1) is 36.0. The zero-order valence-corrected chi connectivity index (χ0v) is 26.8. The zero-order valence-electron chi connectivity index (χ0n) is 26.8. The molecule has 0 aliphatic rings. The van der Waals surface area contributed by atoms with Gasteiger partial charge in [-0.15, -0.1) is 0 Å². The van der Waals surface area contributed by atoms with Crippen LogP contribution in [0.3, 0.4) is 0 Å². The van der Waals surface area contributed by atoms with Crippen molar-refractivity contribution in [3.05, 3.63) is 156 Å². The lowest BCUT2D eigenvalue weighted by molar-refractivity contribution is -0.139. The van der Waals surface area contributed by atoms with E-state index in [1.54, 1.807) is 12.1 Å². The van der Waals surface area contributed by atoms with Gasteiger partial charge in [0.25, 0.3) is 0 Å². The summed E-state index contributed by atoms with van der Waals surface area (Å²) >= 11 is 0. The number of benzene rings is 6. The molecule has 0 saturated carbocycles. The molecule has 8 N–H and O–H groups in total. The lowest BCUT2D eigenvalue weighted by Crippen LogP contribution is -2.12. The van der Waals surface area contributed by atoms with Crippen LogP contribution in [0.4, 0.5) is 49.1 Å². The van der Waals surface area contributed by atoms with Gasteiger partial charge in [0, 0.05) is 34.9 Å². The molecule has 6 nitrogen and oxygen atoms in total. The van der Waals surface area contributed by atoms with Crippen LogP contribution >= 0.6 is 0 Å². The normalized spacial score (nSPS) is 11.3.